The quantitative estimate of drug-likeness (QED) is 0.762. The number of cyclic esters (lactones) is 1. The number of hydrogen-bond acceptors (Lipinski definition) is 4. The van der Waals surface area contributed by atoms with Crippen molar-refractivity contribution in [3.8, 4) is 0 Å². The summed E-state index contributed by atoms with van der Waals surface area (Å²) in [5, 5.41) is 0. The Morgan fingerprint density at radius 1 is 1.33 bits per heavy atom. The molecular weight excluding hydrogens is 232 g/mol. The van der Waals surface area contributed by atoms with E-state index in [1.54, 1.807) is 6.92 Å². The van der Waals surface area contributed by atoms with Crippen LogP contribution in [0.15, 0.2) is 42.0 Å². The van der Waals surface area contributed by atoms with Gasteiger partial charge < -0.3 is 9.47 Å². The molecule has 1 aromatic carbocycles. The minimum absolute atomic E-state index is 0.269. The fraction of sp³-hybridized carbons (Fsp3) is 0.286. The van der Waals surface area contributed by atoms with Gasteiger partial charge in [-0.25, -0.2) is 4.79 Å². The Morgan fingerprint density at radius 3 is 2.67 bits per heavy atom. The first-order chi connectivity index (χ1) is 8.65. The molecule has 94 valence electrons. The summed E-state index contributed by atoms with van der Waals surface area (Å²) in [4.78, 5) is 22.6. The summed E-state index contributed by atoms with van der Waals surface area (Å²) in [6, 6.07) is 9.67. The van der Waals surface area contributed by atoms with E-state index in [1.807, 2.05) is 30.3 Å². The summed E-state index contributed by atoms with van der Waals surface area (Å²) < 4.78 is 9.84. The lowest BCUT2D eigenvalue weighted by Crippen LogP contribution is -2.18. The van der Waals surface area contributed by atoms with Crippen LogP contribution in [0, 0.1) is 0 Å². The summed E-state index contributed by atoms with van der Waals surface area (Å²) in [5.41, 5.74) is 1.54. The molecule has 0 saturated heterocycles. The minimum atomic E-state index is -0.860. The fourth-order valence-electron chi connectivity index (χ4n) is 1.64. The first-order valence-corrected chi connectivity index (χ1v) is 5.78. The van der Waals surface area contributed by atoms with Crippen LogP contribution in [0.3, 0.4) is 0 Å². The lowest BCUT2D eigenvalue weighted by Gasteiger charge is -2.09. The van der Waals surface area contributed by atoms with Crippen molar-refractivity contribution in [1.82, 2.24) is 0 Å². The number of benzene rings is 1. The van der Waals surface area contributed by atoms with Crippen LogP contribution >= 0.6 is 0 Å². The van der Waals surface area contributed by atoms with E-state index in [2.05, 4.69) is 0 Å². The van der Waals surface area contributed by atoms with E-state index in [9.17, 15) is 9.59 Å². The average Bonchev–Trinajstić information content (AvgIpc) is 2.67. The van der Waals surface area contributed by atoms with E-state index in [0.29, 0.717) is 12.0 Å². The highest BCUT2D eigenvalue weighted by molar-refractivity contribution is 5.90. The monoisotopic (exact) mass is 246 g/mol. The maximum absolute atomic E-state index is 11.5. The van der Waals surface area contributed by atoms with E-state index >= 15 is 0 Å². The Bertz CT molecular complexity index is 476. The van der Waals surface area contributed by atoms with Crippen molar-refractivity contribution in [3.63, 3.8) is 0 Å². The zero-order chi connectivity index (χ0) is 13.0. The molecule has 0 aromatic heterocycles. The summed E-state index contributed by atoms with van der Waals surface area (Å²) in [6.07, 6.45) is 1.53. The van der Waals surface area contributed by atoms with Gasteiger partial charge in [-0.15, -0.1) is 0 Å². The molecule has 4 heteroatoms. The van der Waals surface area contributed by atoms with Crippen molar-refractivity contribution in [2.24, 2.45) is 0 Å². The highest BCUT2D eigenvalue weighted by Gasteiger charge is 2.24. The van der Waals surface area contributed by atoms with E-state index < -0.39 is 12.3 Å². The van der Waals surface area contributed by atoms with Crippen molar-refractivity contribution in [3.05, 3.63) is 47.5 Å². The van der Waals surface area contributed by atoms with E-state index in [0.717, 1.165) is 5.56 Å². The molecule has 0 N–H and O–H groups in total. The lowest BCUT2D eigenvalue weighted by atomic mass is 10.1. The summed E-state index contributed by atoms with van der Waals surface area (Å²) >= 11 is 0. The summed E-state index contributed by atoms with van der Waals surface area (Å²) in [5.74, 6) is -0.807. The van der Waals surface area contributed by atoms with Gasteiger partial charge in [-0.1, -0.05) is 30.3 Å². The predicted molar refractivity (Wildman–Crippen MR) is 64.5 cm³/mol. The maximum Gasteiger partial charge on any atom is 0.337 e. The molecule has 0 amide bonds. The first-order valence-electron chi connectivity index (χ1n) is 5.78. The molecule has 1 unspecified atom stereocenters. The summed E-state index contributed by atoms with van der Waals surface area (Å²) in [6.45, 7) is 1.63. The first kappa shape index (κ1) is 12.4. The van der Waals surface area contributed by atoms with Crippen LogP contribution in [0.5, 0.6) is 0 Å². The van der Waals surface area contributed by atoms with Crippen molar-refractivity contribution in [1.29, 1.82) is 0 Å². The number of ether oxygens (including phenoxy) is 2. The van der Waals surface area contributed by atoms with Crippen molar-refractivity contribution in [2.75, 3.05) is 0 Å². The Hall–Kier alpha value is -2.10. The molecule has 18 heavy (non-hydrogen) atoms. The molecular formula is C14H14O4. The molecule has 0 aliphatic carbocycles. The van der Waals surface area contributed by atoms with Gasteiger partial charge in [-0.2, -0.15) is 0 Å². The molecule has 1 atom stereocenters. The SMILES string of the molecule is CC1=CC(OC(=O)CCc2ccccc2)OC1=O. The number of aryl methyl sites for hydroxylation is 1. The third-order valence-corrected chi connectivity index (χ3v) is 2.64. The van der Waals surface area contributed by atoms with Crippen LogP contribution in [-0.2, 0) is 25.5 Å². The number of hydrogen-bond donors (Lipinski definition) is 0. The zero-order valence-corrected chi connectivity index (χ0v) is 10.1. The number of rotatable bonds is 4. The Balaban J connectivity index is 1.78. The van der Waals surface area contributed by atoms with Gasteiger partial charge in [0.25, 0.3) is 6.29 Å². The van der Waals surface area contributed by atoms with Crippen LogP contribution in [0.4, 0.5) is 0 Å². The molecule has 1 aliphatic heterocycles. The van der Waals surface area contributed by atoms with Gasteiger partial charge in [0.2, 0.25) is 0 Å². The van der Waals surface area contributed by atoms with Gasteiger partial charge in [-0.3, -0.25) is 4.79 Å². The molecule has 2 rings (SSSR count). The Kier molecular flexibility index (Phi) is 3.77. The second-order valence-corrected chi connectivity index (χ2v) is 4.10. The van der Waals surface area contributed by atoms with E-state index in [-0.39, 0.29) is 12.4 Å². The van der Waals surface area contributed by atoms with Gasteiger partial charge in [0.05, 0.1) is 0 Å². The van der Waals surface area contributed by atoms with Gasteiger partial charge in [-0.05, 0) is 18.9 Å². The Labute approximate surface area is 105 Å². The summed E-state index contributed by atoms with van der Waals surface area (Å²) in [7, 11) is 0. The normalized spacial score (nSPS) is 18.2. The molecule has 1 aromatic rings. The average molecular weight is 246 g/mol. The van der Waals surface area contributed by atoms with Gasteiger partial charge in [0.1, 0.15) is 0 Å². The second-order valence-electron chi connectivity index (χ2n) is 4.10. The molecule has 0 fully saturated rings. The third kappa shape index (κ3) is 3.20. The number of carbonyl (C=O) groups excluding carboxylic acids is 2. The zero-order valence-electron chi connectivity index (χ0n) is 10.1. The van der Waals surface area contributed by atoms with E-state index in [4.69, 9.17) is 9.47 Å². The van der Waals surface area contributed by atoms with Gasteiger partial charge >= 0.3 is 11.9 Å². The van der Waals surface area contributed by atoms with Gasteiger partial charge in [0, 0.05) is 18.1 Å². The maximum atomic E-state index is 11.5. The lowest BCUT2D eigenvalue weighted by molar-refractivity contribution is -0.173. The van der Waals surface area contributed by atoms with E-state index in [1.165, 1.54) is 6.08 Å². The van der Waals surface area contributed by atoms with Crippen LogP contribution in [0.1, 0.15) is 18.9 Å². The van der Waals surface area contributed by atoms with Crippen LogP contribution in [0.25, 0.3) is 0 Å². The fourth-order valence-corrected chi connectivity index (χ4v) is 1.64. The largest absolute Gasteiger partial charge is 0.421 e. The van der Waals surface area contributed by atoms with Crippen LogP contribution < -0.4 is 0 Å². The van der Waals surface area contributed by atoms with Crippen molar-refractivity contribution in [2.45, 2.75) is 26.1 Å². The second kappa shape index (κ2) is 5.49. The predicted octanol–water partition coefficient (Wildman–Crippen LogP) is 1.99. The minimum Gasteiger partial charge on any atom is -0.421 e. The Morgan fingerprint density at radius 2 is 2.06 bits per heavy atom. The van der Waals surface area contributed by atoms with Crippen molar-refractivity contribution >= 4 is 11.9 Å². The highest BCUT2D eigenvalue weighted by Crippen LogP contribution is 2.15. The van der Waals surface area contributed by atoms with Gasteiger partial charge in [0.15, 0.2) is 0 Å². The topological polar surface area (TPSA) is 52.6 Å². The number of esters is 2. The molecule has 0 spiro atoms. The molecule has 1 heterocycles. The smallest absolute Gasteiger partial charge is 0.337 e. The molecule has 0 bridgehead atoms. The molecule has 4 nitrogen and oxygen atoms in total. The van der Waals surface area contributed by atoms with Crippen molar-refractivity contribution < 1.29 is 19.1 Å². The van der Waals surface area contributed by atoms with Crippen LogP contribution in [0.2, 0.25) is 0 Å². The van der Waals surface area contributed by atoms with Crippen LogP contribution in [-0.4, -0.2) is 18.2 Å². The molecule has 0 saturated carbocycles. The highest BCUT2D eigenvalue weighted by atomic mass is 16.7. The number of carbonyl (C=O) groups is 2. The molecule has 1 aliphatic rings. The third-order valence-electron chi connectivity index (χ3n) is 2.64. The molecule has 0 radical (unpaired) electrons. The standard InChI is InChI=1S/C14H14O4/c1-10-9-13(18-14(10)16)17-12(15)8-7-11-5-3-2-4-6-11/h2-6,9,13H,7-8H2,1H3.